The summed E-state index contributed by atoms with van der Waals surface area (Å²) >= 11 is 1.61. The van der Waals surface area contributed by atoms with E-state index in [4.69, 9.17) is 10.5 Å². The fourth-order valence-corrected chi connectivity index (χ4v) is 2.92. The molecule has 0 unspecified atom stereocenters. The highest BCUT2D eigenvalue weighted by molar-refractivity contribution is 7.17. The van der Waals surface area contributed by atoms with Crippen molar-refractivity contribution in [3.63, 3.8) is 0 Å². The molecular formula is C15H12FNOS. The van der Waals surface area contributed by atoms with E-state index in [1.54, 1.807) is 29.5 Å². The average Bonchev–Trinajstić information content (AvgIpc) is 2.80. The van der Waals surface area contributed by atoms with Crippen LogP contribution in [0.5, 0.6) is 5.75 Å². The van der Waals surface area contributed by atoms with Gasteiger partial charge in [-0.1, -0.05) is 18.2 Å². The molecule has 1 heterocycles. The van der Waals surface area contributed by atoms with Gasteiger partial charge in [-0.2, -0.15) is 0 Å². The molecule has 2 aromatic carbocycles. The summed E-state index contributed by atoms with van der Waals surface area (Å²) < 4.78 is 20.1. The zero-order valence-electron chi connectivity index (χ0n) is 10.1. The van der Waals surface area contributed by atoms with Gasteiger partial charge in [0.15, 0.2) is 11.6 Å². The van der Waals surface area contributed by atoms with E-state index in [2.05, 4.69) is 0 Å². The predicted molar refractivity (Wildman–Crippen MR) is 77.0 cm³/mol. The molecule has 0 saturated carbocycles. The zero-order valence-corrected chi connectivity index (χ0v) is 10.9. The Labute approximate surface area is 114 Å². The van der Waals surface area contributed by atoms with Crippen molar-refractivity contribution in [2.75, 3.05) is 5.73 Å². The molecule has 3 rings (SSSR count). The van der Waals surface area contributed by atoms with Gasteiger partial charge in [-0.3, -0.25) is 0 Å². The second-order valence-electron chi connectivity index (χ2n) is 4.24. The van der Waals surface area contributed by atoms with Gasteiger partial charge in [0.1, 0.15) is 6.61 Å². The molecule has 0 spiro atoms. The largest absolute Gasteiger partial charge is 0.486 e. The first-order valence-corrected chi connectivity index (χ1v) is 6.75. The molecule has 0 bridgehead atoms. The maximum absolute atomic E-state index is 13.4. The number of rotatable bonds is 3. The minimum atomic E-state index is -0.341. The topological polar surface area (TPSA) is 35.2 Å². The number of benzene rings is 2. The van der Waals surface area contributed by atoms with E-state index < -0.39 is 0 Å². The lowest BCUT2D eigenvalue weighted by atomic mass is 10.2. The van der Waals surface area contributed by atoms with Crippen molar-refractivity contribution in [1.29, 1.82) is 0 Å². The van der Waals surface area contributed by atoms with Crippen LogP contribution in [0.25, 0.3) is 10.1 Å². The zero-order chi connectivity index (χ0) is 13.2. The van der Waals surface area contributed by atoms with Crippen LogP contribution in [-0.2, 0) is 6.61 Å². The van der Waals surface area contributed by atoms with Crippen LogP contribution in [0.1, 0.15) is 5.56 Å². The lowest BCUT2D eigenvalue weighted by Crippen LogP contribution is -1.96. The first-order valence-electron chi connectivity index (χ1n) is 5.87. The van der Waals surface area contributed by atoms with E-state index >= 15 is 0 Å². The summed E-state index contributed by atoms with van der Waals surface area (Å²) in [5.41, 5.74) is 7.53. The fraction of sp³-hybridized carbons (Fsp3) is 0.0667. The van der Waals surface area contributed by atoms with Gasteiger partial charge < -0.3 is 10.5 Å². The Morgan fingerprint density at radius 3 is 2.84 bits per heavy atom. The molecule has 0 aliphatic heterocycles. The Kier molecular flexibility index (Phi) is 3.09. The second-order valence-corrected chi connectivity index (χ2v) is 5.15. The summed E-state index contributed by atoms with van der Waals surface area (Å²) in [6.45, 7) is 0.352. The number of para-hydroxylation sites is 1. The van der Waals surface area contributed by atoms with Crippen molar-refractivity contribution in [2.24, 2.45) is 0 Å². The SMILES string of the molecule is Nc1ccc2c(COc3ccccc3F)csc2c1. The molecule has 19 heavy (non-hydrogen) atoms. The van der Waals surface area contributed by atoms with E-state index in [0.717, 1.165) is 21.3 Å². The van der Waals surface area contributed by atoms with Gasteiger partial charge >= 0.3 is 0 Å². The van der Waals surface area contributed by atoms with Gasteiger partial charge in [0, 0.05) is 16.0 Å². The Morgan fingerprint density at radius 1 is 1.16 bits per heavy atom. The summed E-state index contributed by atoms with van der Waals surface area (Å²) in [5, 5.41) is 3.13. The Hall–Kier alpha value is -2.07. The third-order valence-corrected chi connectivity index (χ3v) is 3.89. The summed E-state index contributed by atoms with van der Waals surface area (Å²) in [6.07, 6.45) is 0. The normalized spacial score (nSPS) is 10.8. The highest BCUT2D eigenvalue weighted by Crippen LogP contribution is 2.29. The number of nitrogens with two attached hydrogens (primary N) is 1. The molecule has 0 saturated heterocycles. The van der Waals surface area contributed by atoms with Crippen LogP contribution < -0.4 is 10.5 Å². The van der Waals surface area contributed by atoms with Crippen molar-refractivity contribution in [2.45, 2.75) is 6.61 Å². The van der Waals surface area contributed by atoms with Gasteiger partial charge in [0.25, 0.3) is 0 Å². The summed E-state index contributed by atoms with van der Waals surface area (Å²) in [7, 11) is 0. The number of nitrogen functional groups attached to an aromatic ring is 1. The minimum Gasteiger partial charge on any atom is -0.486 e. The molecule has 96 valence electrons. The lowest BCUT2D eigenvalue weighted by molar-refractivity contribution is 0.292. The number of halogens is 1. The van der Waals surface area contributed by atoms with Crippen molar-refractivity contribution in [1.82, 2.24) is 0 Å². The predicted octanol–water partition coefficient (Wildman–Crippen LogP) is 4.20. The summed E-state index contributed by atoms with van der Waals surface area (Å²) in [4.78, 5) is 0. The number of ether oxygens (including phenoxy) is 1. The summed E-state index contributed by atoms with van der Waals surface area (Å²) in [6, 6.07) is 12.2. The molecule has 4 heteroatoms. The van der Waals surface area contributed by atoms with Crippen molar-refractivity contribution in [3.8, 4) is 5.75 Å². The Balaban J connectivity index is 1.84. The van der Waals surface area contributed by atoms with Crippen molar-refractivity contribution in [3.05, 3.63) is 59.2 Å². The summed E-state index contributed by atoms with van der Waals surface area (Å²) in [5.74, 6) is -0.0661. The maximum Gasteiger partial charge on any atom is 0.165 e. The lowest BCUT2D eigenvalue weighted by Gasteiger charge is -2.06. The maximum atomic E-state index is 13.4. The highest BCUT2D eigenvalue weighted by Gasteiger charge is 2.07. The van der Waals surface area contributed by atoms with Crippen LogP contribution in [0.3, 0.4) is 0 Å². The van der Waals surface area contributed by atoms with Crippen LogP contribution >= 0.6 is 11.3 Å². The van der Waals surface area contributed by atoms with Gasteiger partial charge in [-0.15, -0.1) is 11.3 Å². The molecule has 0 aliphatic carbocycles. The molecule has 0 amide bonds. The van der Waals surface area contributed by atoms with E-state index in [1.807, 2.05) is 23.6 Å². The van der Waals surface area contributed by atoms with Gasteiger partial charge in [-0.05, 0) is 35.0 Å². The molecule has 0 aliphatic rings. The molecular weight excluding hydrogens is 261 g/mol. The molecule has 2 nitrogen and oxygen atoms in total. The van der Waals surface area contributed by atoms with Crippen LogP contribution in [0.15, 0.2) is 47.8 Å². The fourth-order valence-electron chi connectivity index (χ4n) is 1.93. The highest BCUT2D eigenvalue weighted by atomic mass is 32.1. The van der Waals surface area contributed by atoms with E-state index in [9.17, 15) is 4.39 Å². The number of thiophene rings is 1. The standard InChI is InChI=1S/C15H12FNOS/c16-13-3-1-2-4-14(13)18-8-10-9-19-15-7-11(17)5-6-12(10)15/h1-7,9H,8,17H2. The number of hydrogen-bond donors (Lipinski definition) is 1. The third-order valence-electron chi connectivity index (χ3n) is 2.90. The molecule has 1 aromatic heterocycles. The van der Waals surface area contributed by atoms with E-state index in [0.29, 0.717) is 6.61 Å². The van der Waals surface area contributed by atoms with Crippen molar-refractivity contribution >= 4 is 27.1 Å². The molecule has 0 fully saturated rings. The molecule has 2 N–H and O–H groups in total. The number of hydrogen-bond acceptors (Lipinski definition) is 3. The average molecular weight is 273 g/mol. The Morgan fingerprint density at radius 2 is 2.00 bits per heavy atom. The molecule has 0 radical (unpaired) electrons. The van der Waals surface area contributed by atoms with Crippen molar-refractivity contribution < 1.29 is 9.13 Å². The van der Waals surface area contributed by atoms with Gasteiger partial charge in [-0.25, -0.2) is 4.39 Å². The monoisotopic (exact) mass is 273 g/mol. The first kappa shape index (κ1) is 12.0. The van der Waals surface area contributed by atoms with Crippen LogP contribution in [0.4, 0.5) is 10.1 Å². The van der Waals surface area contributed by atoms with E-state index in [-0.39, 0.29) is 11.6 Å². The minimum absolute atomic E-state index is 0.275. The van der Waals surface area contributed by atoms with Crippen LogP contribution in [-0.4, -0.2) is 0 Å². The Bertz CT molecular complexity index is 723. The van der Waals surface area contributed by atoms with Gasteiger partial charge in [0.2, 0.25) is 0 Å². The number of anilines is 1. The third kappa shape index (κ3) is 2.39. The molecule has 3 aromatic rings. The van der Waals surface area contributed by atoms with Gasteiger partial charge in [0.05, 0.1) is 0 Å². The number of fused-ring (bicyclic) bond motifs is 1. The van der Waals surface area contributed by atoms with E-state index in [1.165, 1.54) is 6.07 Å². The molecule has 0 atom stereocenters. The van der Waals surface area contributed by atoms with Crippen LogP contribution in [0, 0.1) is 5.82 Å². The van der Waals surface area contributed by atoms with Crippen LogP contribution in [0.2, 0.25) is 0 Å². The smallest absolute Gasteiger partial charge is 0.165 e. The quantitative estimate of drug-likeness (QED) is 0.726. The second kappa shape index (κ2) is 4.90. The first-order chi connectivity index (χ1) is 9.24.